The molecule has 8 heteroatoms. The molecule has 0 spiro atoms. The monoisotopic (exact) mass is 402 g/mol. The Morgan fingerprint density at radius 1 is 0.926 bits per heavy atom. The maximum atomic E-state index is 11.0. The molecule has 0 heterocycles. The van der Waals surface area contributed by atoms with Gasteiger partial charge >= 0.3 is 13.8 Å². The van der Waals surface area contributed by atoms with Crippen LogP contribution in [0, 0.1) is 0 Å². The molecule has 0 aromatic heterocycles. The third kappa shape index (κ3) is 13.2. The van der Waals surface area contributed by atoms with Gasteiger partial charge in [-0.05, 0) is 25.3 Å². The zero-order valence-electron chi connectivity index (χ0n) is 16.0. The van der Waals surface area contributed by atoms with Crippen molar-refractivity contribution in [2.24, 2.45) is 0 Å². The first-order valence-corrected chi connectivity index (χ1v) is 10.6. The predicted molar refractivity (Wildman–Crippen MR) is 105 cm³/mol. The Morgan fingerprint density at radius 2 is 1.41 bits per heavy atom. The Labute approximate surface area is 160 Å². The molecule has 0 bridgehead atoms. The zero-order valence-corrected chi connectivity index (χ0v) is 16.9. The van der Waals surface area contributed by atoms with E-state index in [2.05, 4.69) is 6.92 Å². The van der Waals surface area contributed by atoms with Gasteiger partial charge in [-0.25, -0.2) is 9.36 Å². The lowest BCUT2D eigenvalue weighted by molar-refractivity contribution is -0.132. The van der Waals surface area contributed by atoms with Gasteiger partial charge in [-0.15, -0.1) is 0 Å². The summed E-state index contributed by atoms with van der Waals surface area (Å²) in [6, 6.07) is 7.52. The van der Waals surface area contributed by atoms with E-state index in [9.17, 15) is 9.90 Å². The highest BCUT2D eigenvalue weighted by molar-refractivity contribution is 7.45. The summed E-state index contributed by atoms with van der Waals surface area (Å²) in [4.78, 5) is 32.6. The van der Waals surface area contributed by atoms with Crippen LogP contribution in [0.5, 0.6) is 0 Å². The summed E-state index contributed by atoms with van der Waals surface area (Å²) in [7, 11) is -4.64. The maximum absolute atomic E-state index is 11.0. The molecule has 0 saturated carbocycles. The van der Waals surface area contributed by atoms with E-state index >= 15 is 0 Å². The van der Waals surface area contributed by atoms with Gasteiger partial charge in [0.05, 0.1) is 5.57 Å². The van der Waals surface area contributed by atoms with Gasteiger partial charge in [0.1, 0.15) is 5.76 Å². The molecule has 1 aromatic carbocycles. The largest absolute Gasteiger partial charge is 0.507 e. The lowest BCUT2D eigenvalue weighted by Gasteiger charge is -2.10. The van der Waals surface area contributed by atoms with Crippen molar-refractivity contribution in [2.75, 3.05) is 0 Å². The number of carboxylic acids is 1. The number of benzene rings is 1. The molecule has 1 rings (SSSR count). The van der Waals surface area contributed by atoms with E-state index in [1.165, 1.54) is 45.4 Å². The molecule has 0 radical (unpaired) electrons. The average Bonchev–Trinajstić information content (AvgIpc) is 2.58. The fourth-order valence-corrected chi connectivity index (χ4v) is 2.55. The van der Waals surface area contributed by atoms with Gasteiger partial charge in [0, 0.05) is 5.56 Å². The van der Waals surface area contributed by atoms with E-state index in [4.69, 9.17) is 24.4 Å². The highest BCUT2D eigenvalue weighted by Gasteiger charge is 2.13. The molecule has 0 aliphatic heterocycles. The second kappa shape index (κ2) is 13.5. The number of hydrogen-bond acceptors (Lipinski definition) is 3. The molecule has 7 nitrogen and oxygen atoms in total. The van der Waals surface area contributed by atoms with Crippen molar-refractivity contribution in [2.45, 2.75) is 65.2 Å². The van der Waals surface area contributed by atoms with Gasteiger partial charge in [0.2, 0.25) is 0 Å². The van der Waals surface area contributed by atoms with Crippen molar-refractivity contribution in [3.05, 3.63) is 41.0 Å². The number of carbonyl (C=O) groups is 1. The highest BCUT2D eigenvalue weighted by Crippen LogP contribution is 2.26. The Bertz CT molecular complexity index is 641. The molecule has 0 unspecified atom stereocenters. The minimum Gasteiger partial charge on any atom is -0.507 e. The van der Waals surface area contributed by atoms with Gasteiger partial charge in [-0.3, -0.25) is 0 Å². The molecule has 27 heavy (non-hydrogen) atoms. The Morgan fingerprint density at radius 3 is 1.93 bits per heavy atom. The molecule has 0 amide bonds. The maximum Gasteiger partial charge on any atom is 0.466 e. The van der Waals surface area contributed by atoms with Crippen LogP contribution >= 0.6 is 7.82 Å². The van der Waals surface area contributed by atoms with Crippen molar-refractivity contribution in [3.63, 3.8) is 0 Å². The summed E-state index contributed by atoms with van der Waals surface area (Å²) in [6.07, 6.45) is 9.56. The average molecular weight is 402 g/mol. The first-order chi connectivity index (χ1) is 12.6. The number of aliphatic hydroxyl groups is 1. The van der Waals surface area contributed by atoms with Crippen LogP contribution in [0.2, 0.25) is 0 Å². The number of aryl methyl sites for hydroxylation is 1. The van der Waals surface area contributed by atoms with E-state index in [0.29, 0.717) is 5.56 Å². The Kier molecular flexibility index (Phi) is 12.7. The minimum absolute atomic E-state index is 0.00739. The summed E-state index contributed by atoms with van der Waals surface area (Å²) < 4.78 is 8.88. The second-order valence-electron chi connectivity index (χ2n) is 6.32. The van der Waals surface area contributed by atoms with E-state index in [0.717, 1.165) is 18.4 Å². The smallest absolute Gasteiger partial charge is 0.466 e. The van der Waals surface area contributed by atoms with Crippen LogP contribution in [0.4, 0.5) is 0 Å². The van der Waals surface area contributed by atoms with Crippen molar-refractivity contribution >= 4 is 19.6 Å². The van der Waals surface area contributed by atoms with Crippen LogP contribution in [-0.4, -0.2) is 30.9 Å². The van der Waals surface area contributed by atoms with Crippen molar-refractivity contribution in [1.29, 1.82) is 0 Å². The topological polar surface area (TPSA) is 135 Å². The molecule has 1 aromatic rings. The number of rotatable bonds is 10. The first kappa shape index (κ1) is 25.3. The van der Waals surface area contributed by atoms with Crippen molar-refractivity contribution in [3.8, 4) is 0 Å². The molecule has 5 N–H and O–H groups in total. The first-order valence-electron chi connectivity index (χ1n) is 9.07. The second-order valence-corrected chi connectivity index (χ2v) is 7.35. The number of unbranched alkanes of at least 4 members (excludes halogenated alkanes) is 6. The molecule has 0 fully saturated rings. The van der Waals surface area contributed by atoms with Crippen LogP contribution in [0.15, 0.2) is 29.8 Å². The van der Waals surface area contributed by atoms with Crippen molar-refractivity contribution in [1.82, 2.24) is 0 Å². The lowest BCUT2D eigenvalue weighted by Crippen LogP contribution is -2.02. The van der Waals surface area contributed by atoms with E-state index in [1.807, 2.05) is 18.2 Å². The van der Waals surface area contributed by atoms with Gasteiger partial charge < -0.3 is 24.9 Å². The third-order valence-electron chi connectivity index (χ3n) is 4.00. The van der Waals surface area contributed by atoms with Gasteiger partial charge in [-0.2, -0.15) is 0 Å². The minimum atomic E-state index is -4.64. The molecule has 0 saturated heterocycles. The van der Waals surface area contributed by atoms with Gasteiger partial charge in [-0.1, -0.05) is 69.7 Å². The number of aliphatic hydroxyl groups excluding tert-OH is 1. The molecular weight excluding hydrogens is 371 g/mol. The van der Waals surface area contributed by atoms with E-state index in [-0.39, 0.29) is 11.3 Å². The molecule has 154 valence electrons. The van der Waals surface area contributed by atoms with Crippen LogP contribution in [0.1, 0.15) is 69.9 Å². The van der Waals surface area contributed by atoms with Crippen LogP contribution < -0.4 is 0 Å². The molecule has 0 aliphatic rings. The SMILES string of the molecule is CCCCCCCCCc1ccccc1/C(O)=C(\C)C(=O)O.O=P(O)(O)O. The number of phosphoric acid groups is 1. The molecule has 0 aliphatic carbocycles. The Balaban J connectivity index is 0.00000119. The fourth-order valence-electron chi connectivity index (χ4n) is 2.55. The summed E-state index contributed by atoms with van der Waals surface area (Å²) >= 11 is 0. The van der Waals surface area contributed by atoms with Crippen LogP contribution in [0.3, 0.4) is 0 Å². The summed E-state index contributed by atoms with van der Waals surface area (Å²) in [5.74, 6) is -1.20. The lowest BCUT2D eigenvalue weighted by atomic mass is 9.97. The standard InChI is InChI=1S/C19H28O3.H3O4P/c1-3-4-5-6-7-8-9-12-16-13-10-11-14-17(16)18(20)15(2)19(21)22;1-5(2,3)4/h10-11,13-14,20H,3-9,12H2,1-2H3,(H,21,22);(H3,1,2,3,4)/b18-15-;. The molecule has 0 atom stereocenters. The molecular formula is C19H31O7P. The third-order valence-corrected chi connectivity index (χ3v) is 4.00. The van der Waals surface area contributed by atoms with E-state index in [1.54, 1.807) is 6.07 Å². The summed E-state index contributed by atoms with van der Waals surface area (Å²) in [5, 5.41) is 19.1. The Hall–Kier alpha value is -1.66. The predicted octanol–water partition coefficient (Wildman–Crippen LogP) is 4.42. The van der Waals surface area contributed by atoms with E-state index < -0.39 is 13.8 Å². The number of aliphatic carboxylic acids is 1. The van der Waals surface area contributed by atoms with Gasteiger partial charge in [0.15, 0.2) is 0 Å². The summed E-state index contributed by atoms with van der Waals surface area (Å²) in [5.41, 5.74) is 1.66. The van der Waals surface area contributed by atoms with Crippen LogP contribution in [0.25, 0.3) is 5.76 Å². The highest BCUT2D eigenvalue weighted by atomic mass is 31.2. The van der Waals surface area contributed by atoms with Crippen LogP contribution in [-0.2, 0) is 15.8 Å². The summed E-state index contributed by atoms with van der Waals surface area (Å²) in [6.45, 7) is 3.65. The fraction of sp³-hybridized carbons (Fsp3) is 0.526. The van der Waals surface area contributed by atoms with Gasteiger partial charge in [0.25, 0.3) is 0 Å². The zero-order chi connectivity index (χ0) is 20.9. The normalized spacial score (nSPS) is 12.0. The quantitative estimate of drug-likeness (QED) is 0.169. The van der Waals surface area contributed by atoms with Crippen molar-refractivity contribution < 1.29 is 34.3 Å². The number of hydrogen-bond donors (Lipinski definition) is 5. The number of carboxylic acid groups (broad SMARTS) is 1.